The summed E-state index contributed by atoms with van der Waals surface area (Å²) in [5.41, 5.74) is 1.05. The van der Waals surface area contributed by atoms with Gasteiger partial charge in [0.25, 0.3) is 5.91 Å². The van der Waals surface area contributed by atoms with Crippen molar-refractivity contribution in [3.63, 3.8) is 0 Å². The molecule has 0 spiro atoms. The Kier molecular flexibility index (Phi) is 8.49. The highest BCUT2D eigenvalue weighted by molar-refractivity contribution is 7.87. The molecule has 3 rings (SSSR count). The van der Waals surface area contributed by atoms with Gasteiger partial charge < -0.3 is 18.6 Å². The molecule has 34 heavy (non-hydrogen) atoms. The zero-order valence-electron chi connectivity index (χ0n) is 18.5. The van der Waals surface area contributed by atoms with Crippen LogP contribution in [0.3, 0.4) is 0 Å². The van der Waals surface area contributed by atoms with E-state index in [1.807, 2.05) is 0 Å². The van der Waals surface area contributed by atoms with Crippen LogP contribution < -0.4 is 8.92 Å². The number of ether oxygens (including phenoxy) is 2. The summed E-state index contributed by atoms with van der Waals surface area (Å²) in [6, 6.07) is 15.5. The molecular weight excluding hydrogens is 485 g/mol. The molecule has 1 amide bonds. The van der Waals surface area contributed by atoms with Crippen molar-refractivity contribution in [1.29, 1.82) is 0 Å². The average Bonchev–Trinajstić information content (AvgIpc) is 2.82. The Morgan fingerprint density at radius 3 is 2.26 bits per heavy atom. The van der Waals surface area contributed by atoms with E-state index in [0.717, 1.165) is 24.3 Å². The summed E-state index contributed by atoms with van der Waals surface area (Å²) >= 11 is 5.92. The van der Waals surface area contributed by atoms with Crippen LogP contribution in [0.4, 0.5) is 4.39 Å². The summed E-state index contributed by atoms with van der Waals surface area (Å²) < 4.78 is 54.2. The van der Waals surface area contributed by atoms with Crippen LogP contribution in [-0.2, 0) is 21.4 Å². The number of hydrogen-bond donors (Lipinski definition) is 0. The Hall–Kier alpha value is -3.14. The minimum atomic E-state index is -4.25. The quantitative estimate of drug-likeness (QED) is 0.375. The lowest BCUT2D eigenvalue weighted by Crippen LogP contribution is -2.33. The van der Waals surface area contributed by atoms with Crippen molar-refractivity contribution in [2.45, 2.75) is 11.4 Å². The Morgan fingerprint density at radius 1 is 0.971 bits per heavy atom. The molecule has 0 aliphatic heterocycles. The summed E-state index contributed by atoms with van der Waals surface area (Å²) in [7, 11) is -1.34. The number of carbonyl (C=O) groups excluding carboxylic acids is 1. The number of amides is 1. The van der Waals surface area contributed by atoms with Gasteiger partial charge in [0.05, 0.1) is 13.7 Å². The van der Waals surface area contributed by atoms with Crippen LogP contribution in [0.5, 0.6) is 11.5 Å². The van der Waals surface area contributed by atoms with E-state index in [-0.39, 0.29) is 28.8 Å². The highest BCUT2D eigenvalue weighted by Gasteiger charge is 2.21. The highest BCUT2D eigenvalue weighted by atomic mass is 35.5. The summed E-state index contributed by atoms with van der Waals surface area (Å²) in [6.07, 6.45) is 0. The first-order valence-electron chi connectivity index (χ1n) is 10.1. The molecule has 0 saturated carbocycles. The van der Waals surface area contributed by atoms with E-state index in [1.54, 1.807) is 41.3 Å². The Balaban J connectivity index is 1.88. The molecule has 0 aromatic heterocycles. The molecule has 0 bridgehead atoms. The number of carbonyl (C=O) groups is 1. The van der Waals surface area contributed by atoms with Crippen LogP contribution in [0, 0.1) is 5.82 Å². The molecule has 0 unspecified atom stereocenters. The van der Waals surface area contributed by atoms with Gasteiger partial charge in [-0.2, -0.15) is 8.42 Å². The van der Waals surface area contributed by atoms with Crippen LogP contribution >= 0.6 is 11.6 Å². The van der Waals surface area contributed by atoms with E-state index in [9.17, 15) is 17.6 Å². The predicted molar refractivity (Wildman–Crippen MR) is 125 cm³/mol. The first-order valence-corrected chi connectivity index (χ1v) is 11.9. The third kappa shape index (κ3) is 6.47. The molecule has 3 aromatic carbocycles. The van der Waals surface area contributed by atoms with E-state index in [4.69, 9.17) is 25.3 Å². The molecule has 0 heterocycles. The SMILES string of the molecule is COCCN(Cc1ccc(OC)c(OS(=O)(=O)c2ccc(F)cc2)c1)C(=O)c1ccc(Cl)cc1. The minimum absolute atomic E-state index is 0.0602. The number of hydrogen-bond acceptors (Lipinski definition) is 6. The van der Waals surface area contributed by atoms with Gasteiger partial charge in [-0.05, 0) is 66.2 Å². The molecule has 0 atom stereocenters. The van der Waals surface area contributed by atoms with E-state index in [1.165, 1.54) is 20.3 Å². The van der Waals surface area contributed by atoms with Crippen molar-refractivity contribution >= 4 is 27.6 Å². The van der Waals surface area contributed by atoms with Gasteiger partial charge in [-0.25, -0.2) is 4.39 Å². The van der Waals surface area contributed by atoms with Gasteiger partial charge in [-0.3, -0.25) is 4.79 Å². The number of benzene rings is 3. The number of nitrogens with zero attached hydrogens (tertiary/aromatic N) is 1. The molecule has 3 aromatic rings. The zero-order valence-corrected chi connectivity index (χ0v) is 20.1. The molecule has 0 fully saturated rings. The van der Waals surface area contributed by atoms with Gasteiger partial charge in [-0.15, -0.1) is 0 Å². The van der Waals surface area contributed by atoms with Crippen LogP contribution in [0.1, 0.15) is 15.9 Å². The average molecular weight is 508 g/mol. The molecule has 0 saturated heterocycles. The summed E-state index contributed by atoms with van der Waals surface area (Å²) in [5, 5.41) is 0.513. The third-order valence-electron chi connectivity index (χ3n) is 4.85. The van der Waals surface area contributed by atoms with Crippen LogP contribution in [-0.4, -0.2) is 46.6 Å². The van der Waals surface area contributed by atoms with Gasteiger partial charge >= 0.3 is 10.1 Å². The lowest BCUT2D eigenvalue weighted by molar-refractivity contribution is 0.0680. The fraction of sp³-hybridized carbons (Fsp3) is 0.208. The summed E-state index contributed by atoms with van der Waals surface area (Å²) in [5.74, 6) is -0.692. The second-order valence-electron chi connectivity index (χ2n) is 7.20. The molecule has 0 radical (unpaired) electrons. The lowest BCUT2D eigenvalue weighted by Gasteiger charge is -2.23. The highest BCUT2D eigenvalue weighted by Crippen LogP contribution is 2.31. The molecule has 0 N–H and O–H groups in total. The van der Waals surface area contributed by atoms with E-state index < -0.39 is 15.9 Å². The third-order valence-corrected chi connectivity index (χ3v) is 6.35. The number of halogens is 2. The topological polar surface area (TPSA) is 82.1 Å². The first-order chi connectivity index (χ1) is 16.2. The second-order valence-corrected chi connectivity index (χ2v) is 9.19. The van der Waals surface area contributed by atoms with E-state index in [2.05, 4.69) is 0 Å². The Morgan fingerprint density at radius 2 is 1.65 bits per heavy atom. The fourth-order valence-corrected chi connectivity index (χ4v) is 4.16. The van der Waals surface area contributed by atoms with Gasteiger partial charge in [-0.1, -0.05) is 17.7 Å². The molecule has 0 aliphatic rings. The van der Waals surface area contributed by atoms with Crippen molar-refractivity contribution in [2.75, 3.05) is 27.4 Å². The van der Waals surface area contributed by atoms with E-state index >= 15 is 0 Å². The normalized spacial score (nSPS) is 11.2. The largest absolute Gasteiger partial charge is 0.493 e. The number of methoxy groups -OCH3 is 2. The maximum atomic E-state index is 13.2. The zero-order chi connectivity index (χ0) is 24.7. The van der Waals surface area contributed by atoms with Crippen molar-refractivity contribution in [2.24, 2.45) is 0 Å². The first kappa shape index (κ1) is 25.5. The van der Waals surface area contributed by atoms with Gasteiger partial charge in [0, 0.05) is 30.8 Å². The molecule has 180 valence electrons. The number of rotatable bonds is 10. The minimum Gasteiger partial charge on any atom is -0.493 e. The fourth-order valence-electron chi connectivity index (χ4n) is 3.10. The lowest BCUT2D eigenvalue weighted by atomic mass is 10.1. The smallest absolute Gasteiger partial charge is 0.339 e. The van der Waals surface area contributed by atoms with Crippen LogP contribution in [0.2, 0.25) is 5.02 Å². The summed E-state index contributed by atoms with van der Waals surface area (Å²) in [6.45, 7) is 0.758. The van der Waals surface area contributed by atoms with Gasteiger partial charge in [0.1, 0.15) is 10.7 Å². The maximum Gasteiger partial charge on any atom is 0.339 e. The van der Waals surface area contributed by atoms with Crippen molar-refractivity contribution < 1.29 is 31.3 Å². The molecule has 7 nitrogen and oxygen atoms in total. The molecule has 0 aliphatic carbocycles. The second kappa shape index (κ2) is 11.3. The van der Waals surface area contributed by atoms with Crippen molar-refractivity contribution in [1.82, 2.24) is 4.90 Å². The predicted octanol–water partition coefficient (Wildman–Crippen LogP) is 4.54. The van der Waals surface area contributed by atoms with Crippen LogP contribution in [0.25, 0.3) is 0 Å². The van der Waals surface area contributed by atoms with Crippen LogP contribution in [0.15, 0.2) is 71.6 Å². The molecular formula is C24H23ClFNO6S. The monoisotopic (exact) mass is 507 g/mol. The Labute approximate surface area is 202 Å². The van der Waals surface area contributed by atoms with Crippen molar-refractivity contribution in [3.05, 3.63) is 88.7 Å². The van der Waals surface area contributed by atoms with Gasteiger partial charge in [0.2, 0.25) is 0 Å². The maximum absolute atomic E-state index is 13.2. The summed E-state index contributed by atoms with van der Waals surface area (Å²) in [4.78, 5) is 14.4. The van der Waals surface area contributed by atoms with Gasteiger partial charge in [0.15, 0.2) is 11.5 Å². The molecule has 10 heteroatoms. The van der Waals surface area contributed by atoms with E-state index in [0.29, 0.717) is 29.3 Å². The standard InChI is InChI=1S/C24H23ClFNO6S/c1-31-14-13-27(24(28)18-4-6-19(25)7-5-18)16-17-3-12-22(32-2)23(15-17)33-34(29,30)21-10-8-20(26)9-11-21/h3-12,15H,13-14,16H2,1-2H3. The van der Waals surface area contributed by atoms with Crippen molar-refractivity contribution in [3.8, 4) is 11.5 Å². The Bertz CT molecular complexity index is 1230.